The highest BCUT2D eigenvalue weighted by Gasteiger charge is 2.17. The van der Waals surface area contributed by atoms with E-state index in [1.54, 1.807) is 13.1 Å². The summed E-state index contributed by atoms with van der Waals surface area (Å²) in [6.45, 7) is 1.85. The van der Waals surface area contributed by atoms with E-state index in [0.29, 0.717) is 12.1 Å². The number of rotatable bonds is 6. The summed E-state index contributed by atoms with van der Waals surface area (Å²) in [7, 11) is 0. The Kier molecular flexibility index (Phi) is 4.58. The minimum Gasteiger partial charge on any atom is -0.480 e. The molecule has 1 rings (SSSR count). The molecule has 0 aliphatic heterocycles. The molecule has 0 aliphatic rings. The van der Waals surface area contributed by atoms with Gasteiger partial charge in [0.25, 0.3) is 0 Å². The zero-order valence-electron chi connectivity index (χ0n) is 9.46. The first-order valence-electron chi connectivity index (χ1n) is 5.18. The molecule has 94 valence electrons. The van der Waals surface area contributed by atoms with Crippen LogP contribution in [0.2, 0.25) is 0 Å². The second kappa shape index (κ2) is 5.94. The van der Waals surface area contributed by atoms with Gasteiger partial charge < -0.3 is 16.2 Å². The van der Waals surface area contributed by atoms with Crippen molar-refractivity contribution < 1.29 is 14.7 Å². The van der Waals surface area contributed by atoms with Gasteiger partial charge in [0.15, 0.2) is 0 Å². The van der Waals surface area contributed by atoms with Crippen molar-refractivity contribution in [1.82, 2.24) is 20.3 Å². The zero-order valence-corrected chi connectivity index (χ0v) is 9.46. The maximum atomic E-state index is 11.5. The Morgan fingerprint density at radius 2 is 2.35 bits per heavy atom. The highest BCUT2D eigenvalue weighted by Crippen LogP contribution is 1.94. The molecule has 0 fully saturated rings. The van der Waals surface area contributed by atoms with Crippen LogP contribution < -0.4 is 11.1 Å². The molecule has 0 bridgehead atoms. The third-order valence-electron chi connectivity index (χ3n) is 2.14. The monoisotopic (exact) mass is 241 g/mol. The number of carboxylic acids is 1. The lowest BCUT2D eigenvalue weighted by Gasteiger charge is -2.11. The van der Waals surface area contributed by atoms with Crippen molar-refractivity contribution in [1.29, 1.82) is 0 Å². The fraction of sp³-hybridized carbons (Fsp3) is 0.556. The van der Waals surface area contributed by atoms with Crippen LogP contribution >= 0.6 is 0 Å². The molecule has 0 unspecified atom stereocenters. The second-order valence-corrected chi connectivity index (χ2v) is 3.48. The first-order chi connectivity index (χ1) is 8.06. The molecule has 1 atom stereocenters. The summed E-state index contributed by atoms with van der Waals surface area (Å²) in [5.74, 6) is -1.48. The molecule has 0 aliphatic carbocycles. The molecule has 0 saturated heterocycles. The number of hydrogen-bond donors (Lipinski definition) is 3. The molecule has 0 aromatic carbocycles. The van der Waals surface area contributed by atoms with Crippen molar-refractivity contribution in [2.24, 2.45) is 5.73 Å². The normalized spacial score (nSPS) is 12.1. The number of nitrogens with zero attached hydrogens (tertiary/aromatic N) is 3. The summed E-state index contributed by atoms with van der Waals surface area (Å²) in [6.07, 6.45) is 1.87. The van der Waals surface area contributed by atoms with E-state index in [2.05, 4.69) is 15.6 Å². The Hall–Kier alpha value is -1.96. The van der Waals surface area contributed by atoms with Gasteiger partial charge in [0, 0.05) is 6.54 Å². The van der Waals surface area contributed by atoms with Gasteiger partial charge in [-0.3, -0.25) is 4.79 Å². The number of amides is 1. The molecule has 1 amide bonds. The summed E-state index contributed by atoms with van der Waals surface area (Å²) >= 11 is 0. The molecule has 1 heterocycles. The van der Waals surface area contributed by atoms with Gasteiger partial charge in [-0.1, -0.05) is 12.1 Å². The molecule has 1 aromatic heterocycles. The Morgan fingerprint density at radius 1 is 1.65 bits per heavy atom. The van der Waals surface area contributed by atoms with Gasteiger partial charge in [0.2, 0.25) is 5.91 Å². The van der Waals surface area contributed by atoms with Crippen molar-refractivity contribution in [2.75, 3.05) is 0 Å². The Morgan fingerprint density at radius 3 is 2.82 bits per heavy atom. The van der Waals surface area contributed by atoms with Crippen LogP contribution in [0.15, 0.2) is 6.20 Å². The molecular formula is C9H15N5O3. The lowest BCUT2D eigenvalue weighted by atomic mass is 10.2. The molecule has 8 heteroatoms. The lowest BCUT2D eigenvalue weighted by Crippen LogP contribution is -2.41. The van der Waals surface area contributed by atoms with Crippen LogP contribution in [0.1, 0.15) is 19.0 Å². The summed E-state index contributed by atoms with van der Waals surface area (Å²) in [5.41, 5.74) is 5.91. The Bertz CT molecular complexity index is 403. The summed E-state index contributed by atoms with van der Waals surface area (Å²) in [6, 6.07) is -0.875. The van der Waals surface area contributed by atoms with Crippen molar-refractivity contribution in [3.63, 3.8) is 0 Å². The van der Waals surface area contributed by atoms with Gasteiger partial charge in [-0.2, -0.15) is 0 Å². The number of nitrogens with one attached hydrogen (secondary N) is 1. The predicted molar refractivity (Wildman–Crippen MR) is 57.8 cm³/mol. The van der Waals surface area contributed by atoms with E-state index < -0.39 is 17.9 Å². The highest BCUT2D eigenvalue weighted by atomic mass is 16.4. The van der Waals surface area contributed by atoms with Gasteiger partial charge in [-0.15, -0.1) is 5.10 Å². The van der Waals surface area contributed by atoms with Crippen LogP contribution in [-0.4, -0.2) is 38.0 Å². The molecular weight excluding hydrogens is 226 g/mol. The third kappa shape index (κ3) is 3.83. The fourth-order valence-corrected chi connectivity index (χ4v) is 1.23. The average molecular weight is 241 g/mol. The zero-order chi connectivity index (χ0) is 12.8. The van der Waals surface area contributed by atoms with Crippen molar-refractivity contribution >= 4 is 11.9 Å². The molecule has 0 saturated carbocycles. The van der Waals surface area contributed by atoms with E-state index in [9.17, 15) is 9.59 Å². The van der Waals surface area contributed by atoms with Gasteiger partial charge in [0.05, 0.1) is 11.9 Å². The lowest BCUT2D eigenvalue weighted by molar-refractivity contribution is -0.142. The van der Waals surface area contributed by atoms with Crippen LogP contribution in [0, 0.1) is 0 Å². The van der Waals surface area contributed by atoms with Crippen molar-refractivity contribution in [2.45, 2.75) is 32.5 Å². The molecule has 4 N–H and O–H groups in total. The Balaban J connectivity index is 2.51. The number of aromatic nitrogens is 3. The topological polar surface area (TPSA) is 123 Å². The molecule has 8 nitrogen and oxygen atoms in total. The summed E-state index contributed by atoms with van der Waals surface area (Å²) < 4.78 is 1.31. The Labute approximate surface area is 97.8 Å². The number of carboxylic acid groups (broad SMARTS) is 1. The largest absolute Gasteiger partial charge is 0.480 e. The SMILES string of the molecule is CC[C@H](NC(=O)Cn1cc(CN)nn1)C(=O)O. The van der Waals surface area contributed by atoms with Crippen LogP contribution in [-0.2, 0) is 22.7 Å². The van der Waals surface area contributed by atoms with Crippen molar-refractivity contribution in [3.8, 4) is 0 Å². The molecule has 1 aromatic rings. The van der Waals surface area contributed by atoms with Gasteiger partial charge in [-0.25, -0.2) is 9.48 Å². The number of nitrogens with two attached hydrogens (primary N) is 1. The van der Waals surface area contributed by atoms with Crippen LogP contribution in [0.5, 0.6) is 0 Å². The molecule has 17 heavy (non-hydrogen) atoms. The molecule has 0 spiro atoms. The minimum atomic E-state index is -1.05. The first kappa shape index (κ1) is 13.1. The minimum absolute atomic E-state index is 0.0726. The number of carbonyl (C=O) groups is 2. The predicted octanol–water partition coefficient (Wildman–Crippen LogP) is -1.28. The van der Waals surface area contributed by atoms with E-state index in [4.69, 9.17) is 10.8 Å². The van der Waals surface area contributed by atoms with Crippen molar-refractivity contribution in [3.05, 3.63) is 11.9 Å². The number of carbonyl (C=O) groups excluding carboxylic acids is 1. The fourth-order valence-electron chi connectivity index (χ4n) is 1.23. The van der Waals surface area contributed by atoms with Gasteiger partial charge >= 0.3 is 5.97 Å². The van der Waals surface area contributed by atoms with E-state index in [1.807, 2.05) is 0 Å². The maximum Gasteiger partial charge on any atom is 0.326 e. The highest BCUT2D eigenvalue weighted by molar-refractivity contribution is 5.83. The standard InChI is InChI=1S/C9H15N5O3/c1-2-7(9(16)17)11-8(15)5-14-4-6(3-10)12-13-14/h4,7H,2-3,5,10H2,1H3,(H,11,15)(H,16,17)/t7-/m0/s1. The second-order valence-electron chi connectivity index (χ2n) is 3.48. The maximum absolute atomic E-state index is 11.5. The average Bonchev–Trinajstić information content (AvgIpc) is 2.73. The van der Waals surface area contributed by atoms with E-state index in [0.717, 1.165) is 0 Å². The third-order valence-corrected chi connectivity index (χ3v) is 2.14. The molecule has 0 radical (unpaired) electrons. The quantitative estimate of drug-likeness (QED) is 0.569. The van der Waals surface area contributed by atoms with Crippen LogP contribution in [0.3, 0.4) is 0 Å². The van der Waals surface area contributed by atoms with E-state index in [1.165, 1.54) is 4.68 Å². The smallest absolute Gasteiger partial charge is 0.326 e. The van der Waals surface area contributed by atoms with E-state index in [-0.39, 0.29) is 13.1 Å². The van der Waals surface area contributed by atoms with E-state index >= 15 is 0 Å². The van der Waals surface area contributed by atoms with Gasteiger partial charge in [0.1, 0.15) is 12.6 Å². The summed E-state index contributed by atoms with van der Waals surface area (Å²) in [5, 5.41) is 18.5. The number of aliphatic carboxylic acids is 1. The van der Waals surface area contributed by atoms with Crippen LogP contribution in [0.25, 0.3) is 0 Å². The van der Waals surface area contributed by atoms with Crippen LogP contribution in [0.4, 0.5) is 0 Å². The number of hydrogen-bond acceptors (Lipinski definition) is 5. The first-order valence-corrected chi connectivity index (χ1v) is 5.18. The van der Waals surface area contributed by atoms with Gasteiger partial charge in [-0.05, 0) is 6.42 Å². The summed E-state index contributed by atoms with van der Waals surface area (Å²) in [4.78, 5) is 22.2.